The molecule has 19 heavy (non-hydrogen) atoms. The molecule has 0 radical (unpaired) electrons. The lowest BCUT2D eigenvalue weighted by Gasteiger charge is -2.48. The maximum absolute atomic E-state index is 12.7. The molecule has 4 nitrogen and oxygen atoms in total. The summed E-state index contributed by atoms with van der Waals surface area (Å²) in [4.78, 5) is 26.6. The molecule has 2 rings (SSSR count). The zero-order chi connectivity index (χ0) is 14.3. The lowest BCUT2D eigenvalue weighted by Crippen LogP contribution is -2.72. The van der Waals surface area contributed by atoms with E-state index in [0.717, 1.165) is 5.56 Å². The Balaban J connectivity index is 2.35. The number of hydrogen-bond donors (Lipinski definition) is 1. The fourth-order valence-electron chi connectivity index (χ4n) is 2.21. The summed E-state index contributed by atoms with van der Waals surface area (Å²) in [6.07, 6.45) is 0.591. The van der Waals surface area contributed by atoms with Crippen LogP contribution in [-0.4, -0.2) is 27.8 Å². The standard InChI is InChI=1S/C14H20N2O2S/c1-5-14(4)12(18)16(8-10-6-7-19-9-10)13(2,3)11(17)15-14/h6-7,9H,5,8H2,1-4H3,(H,15,17). The van der Waals surface area contributed by atoms with Gasteiger partial charge in [0.2, 0.25) is 11.8 Å². The van der Waals surface area contributed by atoms with Gasteiger partial charge in [-0.25, -0.2) is 0 Å². The van der Waals surface area contributed by atoms with Crippen LogP contribution in [0.3, 0.4) is 0 Å². The van der Waals surface area contributed by atoms with Crippen LogP contribution in [0.1, 0.15) is 39.7 Å². The molecule has 1 saturated heterocycles. The van der Waals surface area contributed by atoms with Gasteiger partial charge in [-0.3, -0.25) is 9.59 Å². The lowest BCUT2D eigenvalue weighted by molar-refractivity contribution is -0.161. The van der Waals surface area contributed by atoms with E-state index in [4.69, 9.17) is 0 Å². The highest BCUT2D eigenvalue weighted by Gasteiger charge is 2.51. The zero-order valence-corrected chi connectivity index (χ0v) is 12.6. The highest BCUT2D eigenvalue weighted by Crippen LogP contribution is 2.29. The minimum Gasteiger partial charge on any atom is -0.340 e. The van der Waals surface area contributed by atoms with E-state index in [1.54, 1.807) is 37.0 Å². The first kappa shape index (κ1) is 14.1. The summed E-state index contributed by atoms with van der Waals surface area (Å²) < 4.78 is 0. The largest absolute Gasteiger partial charge is 0.340 e. The highest BCUT2D eigenvalue weighted by molar-refractivity contribution is 7.07. The van der Waals surface area contributed by atoms with Gasteiger partial charge in [-0.1, -0.05) is 6.92 Å². The fourth-order valence-corrected chi connectivity index (χ4v) is 2.87. The van der Waals surface area contributed by atoms with Crippen molar-refractivity contribution < 1.29 is 9.59 Å². The predicted octanol–water partition coefficient (Wildman–Crippen LogP) is 2.15. The van der Waals surface area contributed by atoms with Crippen molar-refractivity contribution in [1.82, 2.24) is 10.2 Å². The van der Waals surface area contributed by atoms with E-state index in [1.807, 2.05) is 23.8 Å². The van der Waals surface area contributed by atoms with Gasteiger partial charge < -0.3 is 10.2 Å². The molecule has 1 aromatic rings. The number of amides is 2. The summed E-state index contributed by atoms with van der Waals surface area (Å²) in [5, 5.41) is 6.86. The number of nitrogens with one attached hydrogen (secondary N) is 1. The van der Waals surface area contributed by atoms with E-state index in [-0.39, 0.29) is 11.8 Å². The molecule has 2 amide bonds. The van der Waals surface area contributed by atoms with E-state index >= 15 is 0 Å². The summed E-state index contributed by atoms with van der Waals surface area (Å²) >= 11 is 1.60. The molecular formula is C14H20N2O2S. The Bertz CT molecular complexity index is 496. The van der Waals surface area contributed by atoms with Crippen LogP contribution in [0.2, 0.25) is 0 Å². The molecule has 0 aromatic carbocycles. The number of nitrogens with zero attached hydrogens (tertiary/aromatic N) is 1. The number of thiophene rings is 1. The molecule has 0 spiro atoms. The SMILES string of the molecule is CCC1(C)NC(=O)C(C)(C)N(Cc2ccsc2)C1=O. The molecule has 0 bridgehead atoms. The Morgan fingerprint density at radius 2 is 2.00 bits per heavy atom. The molecule has 1 unspecified atom stereocenters. The van der Waals surface area contributed by atoms with Crippen LogP contribution in [0.4, 0.5) is 0 Å². The van der Waals surface area contributed by atoms with E-state index in [0.29, 0.717) is 13.0 Å². The van der Waals surface area contributed by atoms with Crippen molar-refractivity contribution in [2.45, 2.75) is 51.7 Å². The monoisotopic (exact) mass is 280 g/mol. The van der Waals surface area contributed by atoms with Gasteiger partial charge in [0, 0.05) is 6.54 Å². The molecule has 1 fully saturated rings. The number of hydrogen-bond acceptors (Lipinski definition) is 3. The van der Waals surface area contributed by atoms with E-state index in [9.17, 15) is 9.59 Å². The summed E-state index contributed by atoms with van der Waals surface area (Å²) in [6.45, 7) is 7.78. The molecule has 1 aromatic heterocycles. The maximum Gasteiger partial charge on any atom is 0.249 e. The van der Waals surface area contributed by atoms with Gasteiger partial charge in [0.1, 0.15) is 11.1 Å². The Morgan fingerprint density at radius 3 is 2.53 bits per heavy atom. The zero-order valence-electron chi connectivity index (χ0n) is 11.8. The van der Waals surface area contributed by atoms with Crippen LogP contribution in [0, 0.1) is 0 Å². The van der Waals surface area contributed by atoms with Crippen molar-refractivity contribution in [2.75, 3.05) is 0 Å². The van der Waals surface area contributed by atoms with Crippen LogP contribution in [0.15, 0.2) is 16.8 Å². The Hall–Kier alpha value is -1.36. The second-order valence-corrected chi connectivity index (χ2v) is 6.50. The van der Waals surface area contributed by atoms with Gasteiger partial charge in [0.25, 0.3) is 0 Å². The third-order valence-electron chi connectivity index (χ3n) is 3.96. The molecule has 0 saturated carbocycles. The third kappa shape index (κ3) is 2.27. The molecule has 1 aliphatic rings. The Morgan fingerprint density at radius 1 is 1.32 bits per heavy atom. The number of piperazine rings is 1. The number of carbonyl (C=O) groups excluding carboxylic acids is 2. The Labute approximate surface area is 117 Å². The number of carbonyl (C=O) groups is 2. The predicted molar refractivity (Wildman–Crippen MR) is 75.8 cm³/mol. The van der Waals surface area contributed by atoms with Crippen LogP contribution >= 0.6 is 11.3 Å². The average Bonchev–Trinajstić information content (AvgIpc) is 2.86. The van der Waals surface area contributed by atoms with Crippen molar-refractivity contribution in [3.05, 3.63) is 22.4 Å². The van der Waals surface area contributed by atoms with Gasteiger partial charge in [-0.2, -0.15) is 11.3 Å². The molecule has 1 atom stereocenters. The fraction of sp³-hybridized carbons (Fsp3) is 0.571. The third-order valence-corrected chi connectivity index (χ3v) is 4.70. The maximum atomic E-state index is 12.7. The average molecular weight is 280 g/mol. The van der Waals surface area contributed by atoms with Gasteiger partial charge >= 0.3 is 0 Å². The molecule has 1 aliphatic heterocycles. The van der Waals surface area contributed by atoms with Crippen LogP contribution in [0.5, 0.6) is 0 Å². The topological polar surface area (TPSA) is 49.4 Å². The van der Waals surface area contributed by atoms with E-state index in [1.165, 1.54) is 0 Å². The van der Waals surface area contributed by atoms with Crippen LogP contribution in [0.25, 0.3) is 0 Å². The van der Waals surface area contributed by atoms with Crippen molar-refractivity contribution in [2.24, 2.45) is 0 Å². The quantitative estimate of drug-likeness (QED) is 0.922. The van der Waals surface area contributed by atoms with Crippen molar-refractivity contribution in [3.8, 4) is 0 Å². The molecule has 2 heterocycles. The van der Waals surface area contributed by atoms with Crippen LogP contribution < -0.4 is 5.32 Å². The summed E-state index contributed by atoms with van der Waals surface area (Å²) in [7, 11) is 0. The smallest absolute Gasteiger partial charge is 0.249 e. The van der Waals surface area contributed by atoms with Crippen molar-refractivity contribution in [3.63, 3.8) is 0 Å². The summed E-state index contributed by atoms with van der Waals surface area (Å²) in [5.41, 5.74) is -0.532. The summed E-state index contributed by atoms with van der Waals surface area (Å²) in [6, 6.07) is 1.99. The number of rotatable bonds is 3. The van der Waals surface area contributed by atoms with E-state index < -0.39 is 11.1 Å². The molecular weight excluding hydrogens is 260 g/mol. The van der Waals surface area contributed by atoms with Gasteiger partial charge in [0.05, 0.1) is 0 Å². The second kappa shape index (κ2) is 4.63. The first-order valence-corrected chi connectivity index (χ1v) is 7.41. The molecule has 1 N–H and O–H groups in total. The highest BCUT2D eigenvalue weighted by atomic mass is 32.1. The Kier molecular flexibility index (Phi) is 3.43. The van der Waals surface area contributed by atoms with Crippen molar-refractivity contribution >= 4 is 23.2 Å². The lowest BCUT2D eigenvalue weighted by atomic mass is 9.86. The normalized spacial score (nSPS) is 26.4. The van der Waals surface area contributed by atoms with Gasteiger partial charge in [-0.05, 0) is 49.6 Å². The van der Waals surface area contributed by atoms with Gasteiger partial charge in [-0.15, -0.1) is 0 Å². The first-order chi connectivity index (χ1) is 8.81. The molecule has 5 heteroatoms. The first-order valence-electron chi connectivity index (χ1n) is 6.47. The van der Waals surface area contributed by atoms with Crippen molar-refractivity contribution in [1.29, 1.82) is 0 Å². The minimum atomic E-state index is -0.812. The van der Waals surface area contributed by atoms with Gasteiger partial charge in [0.15, 0.2) is 0 Å². The second-order valence-electron chi connectivity index (χ2n) is 5.72. The molecule has 104 valence electrons. The van der Waals surface area contributed by atoms with E-state index in [2.05, 4.69) is 5.32 Å². The van der Waals surface area contributed by atoms with Crippen LogP contribution in [-0.2, 0) is 16.1 Å². The summed E-state index contributed by atoms with van der Waals surface area (Å²) in [5.74, 6) is -0.0996. The minimum absolute atomic E-state index is 0.00852. The molecule has 0 aliphatic carbocycles.